The quantitative estimate of drug-likeness (QED) is 0.572. The van der Waals surface area contributed by atoms with Crippen molar-refractivity contribution in [2.24, 2.45) is 5.92 Å². The fourth-order valence-electron chi connectivity index (χ4n) is 3.75. The highest BCUT2D eigenvalue weighted by atomic mass is 79.9. The van der Waals surface area contributed by atoms with Crippen LogP contribution in [0.3, 0.4) is 0 Å². The van der Waals surface area contributed by atoms with E-state index in [1.54, 1.807) is 0 Å². The second-order valence-corrected chi connectivity index (χ2v) is 8.82. The van der Waals surface area contributed by atoms with Crippen LogP contribution in [0.25, 0.3) is 11.4 Å². The number of nitrogens with zero attached hydrogens (tertiary/aromatic N) is 3. The highest BCUT2D eigenvalue weighted by Crippen LogP contribution is 2.23. The van der Waals surface area contributed by atoms with E-state index >= 15 is 0 Å². The van der Waals surface area contributed by atoms with E-state index in [1.807, 2.05) is 50.2 Å². The number of halogens is 1. The molecule has 7 heteroatoms. The van der Waals surface area contributed by atoms with Crippen molar-refractivity contribution in [2.45, 2.75) is 33.2 Å². The molecule has 3 aromatic rings. The van der Waals surface area contributed by atoms with E-state index < -0.39 is 0 Å². The molecule has 1 unspecified atom stereocenters. The summed E-state index contributed by atoms with van der Waals surface area (Å²) in [6.45, 7) is 6.21. The number of likely N-dealkylation sites (tertiary alicyclic amines) is 1. The number of piperidine rings is 1. The molecule has 2 aromatic carbocycles. The van der Waals surface area contributed by atoms with Crippen molar-refractivity contribution in [1.29, 1.82) is 0 Å². The topological polar surface area (TPSA) is 71.3 Å². The van der Waals surface area contributed by atoms with Gasteiger partial charge in [0.2, 0.25) is 17.6 Å². The van der Waals surface area contributed by atoms with E-state index in [1.165, 1.54) is 0 Å². The Morgan fingerprint density at radius 3 is 2.83 bits per heavy atom. The summed E-state index contributed by atoms with van der Waals surface area (Å²) in [6, 6.07) is 13.9. The van der Waals surface area contributed by atoms with Gasteiger partial charge in [0, 0.05) is 22.3 Å². The molecule has 30 heavy (non-hydrogen) atoms. The van der Waals surface area contributed by atoms with Crippen LogP contribution < -0.4 is 5.32 Å². The zero-order chi connectivity index (χ0) is 21.1. The van der Waals surface area contributed by atoms with E-state index in [2.05, 4.69) is 42.4 Å². The van der Waals surface area contributed by atoms with Crippen molar-refractivity contribution in [2.75, 3.05) is 18.4 Å². The Labute approximate surface area is 184 Å². The molecule has 2 heterocycles. The Hall–Kier alpha value is -2.51. The number of rotatable bonds is 5. The molecule has 0 saturated carbocycles. The van der Waals surface area contributed by atoms with Crippen LogP contribution in [0.5, 0.6) is 0 Å². The molecule has 0 bridgehead atoms. The molecule has 6 nitrogen and oxygen atoms in total. The molecule has 0 spiro atoms. The van der Waals surface area contributed by atoms with Crippen molar-refractivity contribution in [3.63, 3.8) is 0 Å². The Morgan fingerprint density at radius 1 is 1.23 bits per heavy atom. The smallest absolute Gasteiger partial charge is 0.241 e. The van der Waals surface area contributed by atoms with Gasteiger partial charge in [0.15, 0.2) is 0 Å². The van der Waals surface area contributed by atoms with Gasteiger partial charge in [0.1, 0.15) is 0 Å². The molecule has 1 aromatic heterocycles. The van der Waals surface area contributed by atoms with E-state index in [4.69, 9.17) is 4.52 Å². The van der Waals surface area contributed by atoms with Crippen LogP contribution in [0.15, 0.2) is 51.5 Å². The third kappa shape index (κ3) is 4.96. The van der Waals surface area contributed by atoms with Gasteiger partial charge in [-0.1, -0.05) is 33.2 Å². The lowest BCUT2D eigenvalue weighted by Gasteiger charge is -2.31. The number of aromatic nitrogens is 2. The first-order valence-electron chi connectivity index (χ1n) is 10.2. The molecule has 0 aliphatic carbocycles. The molecule has 4 rings (SSSR count). The third-order valence-electron chi connectivity index (χ3n) is 5.46. The number of benzene rings is 2. The molecule has 1 atom stereocenters. The summed E-state index contributed by atoms with van der Waals surface area (Å²) in [6.07, 6.45) is 1.86. The van der Waals surface area contributed by atoms with Crippen LogP contribution in [0.2, 0.25) is 0 Å². The predicted molar refractivity (Wildman–Crippen MR) is 120 cm³/mol. The van der Waals surface area contributed by atoms with Gasteiger partial charge in [-0.25, -0.2) is 0 Å². The number of carbonyl (C=O) groups excluding carboxylic acids is 1. The first kappa shape index (κ1) is 20.8. The number of carbonyl (C=O) groups is 1. The molecule has 156 valence electrons. The molecular formula is C23H25BrN4O2. The average Bonchev–Trinajstić information content (AvgIpc) is 3.20. The highest BCUT2D eigenvalue weighted by Gasteiger charge is 2.27. The normalized spacial score (nSPS) is 17.1. The maximum Gasteiger partial charge on any atom is 0.241 e. The van der Waals surface area contributed by atoms with Crippen LogP contribution in [0.1, 0.15) is 29.9 Å². The maximum absolute atomic E-state index is 12.9. The second kappa shape index (κ2) is 9.10. The Balaban J connectivity index is 1.38. The minimum Gasteiger partial charge on any atom is -0.338 e. The fraction of sp³-hybridized carbons (Fsp3) is 0.348. The van der Waals surface area contributed by atoms with Gasteiger partial charge >= 0.3 is 0 Å². The lowest BCUT2D eigenvalue weighted by Crippen LogP contribution is -2.40. The molecule has 1 saturated heterocycles. The summed E-state index contributed by atoms with van der Waals surface area (Å²) < 4.78 is 6.47. The Kier molecular flexibility index (Phi) is 6.29. The van der Waals surface area contributed by atoms with E-state index in [0.29, 0.717) is 24.8 Å². The molecule has 1 amide bonds. The molecule has 1 aliphatic heterocycles. The van der Waals surface area contributed by atoms with Gasteiger partial charge < -0.3 is 9.84 Å². The molecule has 1 N–H and O–H groups in total. The van der Waals surface area contributed by atoms with Gasteiger partial charge in [-0.05, 0) is 74.7 Å². The van der Waals surface area contributed by atoms with E-state index in [0.717, 1.165) is 46.2 Å². The molecule has 0 radical (unpaired) electrons. The van der Waals surface area contributed by atoms with Crippen molar-refractivity contribution in [3.05, 3.63) is 64.0 Å². The zero-order valence-electron chi connectivity index (χ0n) is 17.2. The number of hydrogen-bond donors (Lipinski definition) is 1. The van der Waals surface area contributed by atoms with Crippen molar-refractivity contribution in [1.82, 2.24) is 15.0 Å². The minimum absolute atomic E-state index is 0.0486. The van der Waals surface area contributed by atoms with Crippen LogP contribution in [-0.2, 0) is 11.3 Å². The van der Waals surface area contributed by atoms with Gasteiger partial charge in [-0.15, -0.1) is 0 Å². The largest absolute Gasteiger partial charge is 0.338 e. The van der Waals surface area contributed by atoms with Gasteiger partial charge in [-0.2, -0.15) is 4.98 Å². The summed E-state index contributed by atoms with van der Waals surface area (Å²) in [5.74, 6) is 1.18. The van der Waals surface area contributed by atoms with Gasteiger partial charge in [0.25, 0.3) is 0 Å². The second-order valence-electron chi connectivity index (χ2n) is 7.90. The van der Waals surface area contributed by atoms with E-state index in [9.17, 15) is 4.79 Å². The highest BCUT2D eigenvalue weighted by molar-refractivity contribution is 9.10. The maximum atomic E-state index is 12.9. The monoisotopic (exact) mass is 468 g/mol. The molecule has 1 fully saturated rings. The standard InChI is InChI=1S/C23H25BrN4O2/c1-15-5-6-16(2)20(12-15)25-23(29)18-4-3-11-28(13-18)14-21-26-22(27-30-21)17-7-9-19(24)10-8-17/h5-10,12,18H,3-4,11,13-14H2,1-2H3,(H,25,29). The van der Waals surface area contributed by atoms with Crippen LogP contribution in [-0.4, -0.2) is 34.0 Å². The van der Waals surface area contributed by atoms with Gasteiger partial charge in [0.05, 0.1) is 12.5 Å². The Bertz CT molecular complexity index is 1030. The molecular weight excluding hydrogens is 444 g/mol. The zero-order valence-corrected chi connectivity index (χ0v) is 18.8. The predicted octanol–water partition coefficient (Wildman–Crippen LogP) is 4.97. The van der Waals surface area contributed by atoms with E-state index in [-0.39, 0.29) is 11.8 Å². The molecule has 1 aliphatic rings. The van der Waals surface area contributed by atoms with Gasteiger partial charge in [-0.3, -0.25) is 9.69 Å². The summed E-state index contributed by atoms with van der Waals surface area (Å²) in [5.41, 5.74) is 4.03. The summed E-state index contributed by atoms with van der Waals surface area (Å²) in [5, 5.41) is 7.22. The van der Waals surface area contributed by atoms with Crippen LogP contribution in [0.4, 0.5) is 5.69 Å². The number of hydrogen-bond acceptors (Lipinski definition) is 5. The number of anilines is 1. The van der Waals surface area contributed by atoms with Crippen molar-refractivity contribution >= 4 is 27.5 Å². The fourth-order valence-corrected chi connectivity index (χ4v) is 4.01. The summed E-state index contributed by atoms with van der Waals surface area (Å²) >= 11 is 3.43. The number of nitrogens with one attached hydrogen (secondary N) is 1. The van der Waals surface area contributed by atoms with Crippen molar-refractivity contribution in [3.8, 4) is 11.4 Å². The van der Waals surface area contributed by atoms with Crippen molar-refractivity contribution < 1.29 is 9.32 Å². The lowest BCUT2D eigenvalue weighted by atomic mass is 9.96. The average molecular weight is 469 g/mol. The Morgan fingerprint density at radius 2 is 2.03 bits per heavy atom. The SMILES string of the molecule is Cc1ccc(C)c(NC(=O)C2CCCN(Cc3nc(-c4ccc(Br)cc4)no3)C2)c1. The summed E-state index contributed by atoms with van der Waals surface area (Å²) in [7, 11) is 0. The summed E-state index contributed by atoms with van der Waals surface area (Å²) in [4.78, 5) is 19.6. The number of aryl methyl sites for hydroxylation is 2. The van der Waals surface area contributed by atoms with Crippen LogP contribution in [0, 0.1) is 19.8 Å². The number of amides is 1. The third-order valence-corrected chi connectivity index (χ3v) is 5.99. The lowest BCUT2D eigenvalue weighted by molar-refractivity contribution is -0.121. The van der Waals surface area contributed by atoms with Crippen LogP contribution >= 0.6 is 15.9 Å². The first-order chi connectivity index (χ1) is 14.5. The minimum atomic E-state index is -0.0486. The first-order valence-corrected chi connectivity index (χ1v) is 11.0.